The Labute approximate surface area is 161 Å². The lowest BCUT2D eigenvalue weighted by Crippen LogP contribution is -2.36. The van der Waals surface area contributed by atoms with E-state index in [-0.39, 0.29) is 0 Å². The van der Waals surface area contributed by atoms with Crippen LogP contribution in [0.2, 0.25) is 0 Å². The number of rotatable bonds is 3. The average Bonchev–Trinajstić information content (AvgIpc) is 3.08. The van der Waals surface area contributed by atoms with Gasteiger partial charge in [-0.2, -0.15) is 0 Å². The van der Waals surface area contributed by atoms with Gasteiger partial charge in [0.1, 0.15) is 5.69 Å². The smallest absolute Gasteiger partial charge is 0.128 e. The molecule has 0 saturated carbocycles. The zero-order chi connectivity index (χ0) is 19.0. The molecular weight excluding hydrogens is 328 g/mol. The number of hydrogen-bond donors (Lipinski definition) is 0. The minimum Gasteiger partial charge on any atom is -0.128 e. The maximum atomic E-state index is 2.30. The predicted octanol–water partition coefficient (Wildman–Crippen LogP) is 5.56. The molecule has 0 radical (unpaired) electrons. The van der Waals surface area contributed by atoms with E-state index >= 15 is 0 Å². The van der Waals surface area contributed by atoms with Crippen LogP contribution in [0, 0.1) is 20.8 Å². The van der Waals surface area contributed by atoms with Crippen LogP contribution < -0.4 is 4.68 Å². The summed E-state index contributed by atoms with van der Waals surface area (Å²) >= 11 is 0. The van der Waals surface area contributed by atoms with Gasteiger partial charge >= 0.3 is 0 Å². The largest absolute Gasteiger partial charge is 0.195 e. The van der Waals surface area contributed by atoms with Gasteiger partial charge in [-0.15, -0.1) is 9.36 Å². The molecule has 3 aromatic carbocycles. The van der Waals surface area contributed by atoms with Crippen LogP contribution in [0.5, 0.6) is 0 Å². The van der Waals surface area contributed by atoms with Crippen LogP contribution in [-0.2, 0) is 7.05 Å². The highest BCUT2D eigenvalue weighted by Crippen LogP contribution is 2.33. The molecule has 0 atom stereocenters. The van der Waals surface area contributed by atoms with E-state index in [0.29, 0.717) is 0 Å². The van der Waals surface area contributed by atoms with E-state index in [1.807, 2.05) is 0 Å². The Kier molecular flexibility index (Phi) is 4.41. The number of hydrogen-bond acceptors (Lipinski definition) is 0. The van der Waals surface area contributed by atoms with E-state index in [4.69, 9.17) is 0 Å². The summed E-state index contributed by atoms with van der Waals surface area (Å²) in [5.41, 5.74) is 10.3. The third-order valence-electron chi connectivity index (χ3n) is 5.24. The molecule has 0 saturated heterocycles. The summed E-state index contributed by atoms with van der Waals surface area (Å²) < 4.78 is 4.25. The van der Waals surface area contributed by atoms with Crippen LogP contribution in [0.25, 0.3) is 27.9 Å². The summed E-state index contributed by atoms with van der Waals surface area (Å²) in [6, 6.07) is 24.0. The van der Waals surface area contributed by atoms with E-state index in [1.54, 1.807) is 0 Å². The molecule has 2 heteroatoms. The van der Waals surface area contributed by atoms with Crippen LogP contribution in [0.1, 0.15) is 16.7 Å². The topological polar surface area (TPSA) is 8.81 Å². The van der Waals surface area contributed by atoms with Gasteiger partial charge in [0.2, 0.25) is 0 Å². The average molecular weight is 353 g/mol. The van der Waals surface area contributed by atoms with Crippen LogP contribution in [0.3, 0.4) is 0 Å². The Morgan fingerprint density at radius 3 is 1.93 bits per heavy atom. The molecule has 0 spiro atoms. The summed E-state index contributed by atoms with van der Waals surface area (Å²) in [4.78, 5) is 0. The molecule has 27 heavy (non-hydrogen) atoms. The van der Waals surface area contributed by atoms with Gasteiger partial charge in [-0.1, -0.05) is 48.5 Å². The number of aryl methyl sites for hydroxylation is 4. The number of nitrogens with zero attached hydrogens (tertiary/aromatic N) is 2. The van der Waals surface area contributed by atoms with Gasteiger partial charge in [0.15, 0.2) is 13.2 Å². The quantitative estimate of drug-likeness (QED) is 0.426. The molecule has 0 aliphatic carbocycles. The van der Waals surface area contributed by atoms with Gasteiger partial charge in [-0.05, 0) is 71.8 Å². The molecule has 0 aliphatic heterocycles. The lowest BCUT2D eigenvalue weighted by Gasteiger charge is -2.15. The van der Waals surface area contributed by atoms with E-state index in [9.17, 15) is 0 Å². The summed E-state index contributed by atoms with van der Waals surface area (Å²) in [5, 5.41) is 0. The minimum absolute atomic E-state index is 1.21. The van der Waals surface area contributed by atoms with Crippen molar-refractivity contribution in [3.8, 4) is 27.9 Å². The normalized spacial score (nSPS) is 11.0. The highest BCUT2D eigenvalue weighted by Gasteiger charge is 2.13. The van der Waals surface area contributed by atoms with Gasteiger partial charge in [0.05, 0.1) is 6.20 Å². The van der Waals surface area contributed by atoms with E-state index in [0.717, 1.165) is 0 Å². The molecule has 0 amide bonds. The lowest BCUT2D eigenvalue weighted by atomic mass is 9.90. The first-order valence-electron chi connectivity index (χ1n) is 9.36. The summed E-state index contributed by atoms with van der Waals surface area (Å²) in [6.07, 6.45) is 4.15. The molecule has 1 aromatic heterocycles. The zero-order valence-electron chi connectivity index (χ0n) is 16.4. The van der Waals surface area contributed by atoms with Crippen LogP contribution in [-0.4, -0.2) is 4.68 Å². The molecule has 4 rings (SSSR count). The van der Waals surface area contributed by atoms with Crippen molar-refractivity contribution in [2.75, 3.05) is 0 Å². The van der Waals surface area contributed by atoms with Crippen molar-refractivity contribution in [3.63, 3.8) is 0 Å². The Bertz CT molecular complexity index is 1080. The van der Waals surface area contributed by atoms with Crippen molar-refractivity contribution in [2.24, 2.45) is 7.05 Å². The van der Waals surface area contributed by atoms with Gasteiger partial charge in [0.25, 0.3) is 0 Å². The van der Waals surface area contributed by atoms with E-state index < -0.39 is 0 Å². The maximum absolute atomic E-state index is 2.30. The van der Waals surface area contributed by atoms with Crippen molar-refractivity contribution in [1.29, 1.82) is 0 Å². The van der Waals surface area contributed by atoms with Gasteiger partial charge in [0, 0.05) is 6.07 Å². The Morgan fingerprint density at radius 1 is 0.667 bits per heavy atom. The van der Waals surface area contributed by atoms with Gasteiger partial charge < -0.3 is 0 Å². The van der Waals surface area contributed by atoms with Crippen molar-refractivity contribution < 1.29 is 4.68 Å². The molecule has 0 bridgehead atoms. The fourth-order valence-electron chi connectivity index (χ4n) is 3.96. The summed E-state index contributed by atoms with van der Waals surface area (Å²) in [7, 11) is 2.06. The lowest BCUT2D eigenvalue weighted by molar-refractivity contribution is -0.744. The van der Waals surface area contributed by atoms with E-state index in [2.05, 4.69) is 116 Å². The molecule has 0 N–H and O–H groups in total. The minimum atomic E-state index is 1.21. The van der Waals surface area contributed by atoms with Crippen molar-refractivity contribution in [3.05, 3.63) is 95.8 Å². The molecule has 0 aliphatic rings. The Hall–Kier alpha value is -3.13. The van der Waals surface area contributed by atoms with Crippen LogP contribution in [0.15, 0.2) is 79.1 Å². The fourth-order valence-corrected chi connectivity index (χ4v) is 3.96. The standard InChI is InChI=1S/C25H25N2/c1-18-15-22(11-12-24(18)27-14-8-13-26(27)4)25-19(2)16-23(17-20(25)3)21-9-6-5-7-10-21/h5-17H,1-4H3/q+1. The molecule has 0 unspecified atom stereocenters. The van der Waals surface area contributed by atoms with Crippen molar-refractivity contribution in [1.82, 2.24) is 4.68 Å². The van der Waals surface area contributed by atoms with E-state index in [1.165, 1.54) is 44.6 Å². The maximum Gasteiger partial charge on any atom is 0.195 e. The fraction of sp³-hybridized carbons (Fsp3) is 0.160. The first kappa shape index (κ1) is 17.3. The molecule has 1 heterocycles. The Balaban J connectivity index is 1.78. The van der Waals surface area contributed by atoms with Crippen LogP contribution >= 0.6 is 0 Å². The molecule has 0 fully saturated rings. The first-order chi connectivity index (χ1) is 13.0. The van der Waals surface area contributed by atoms with Gasteiger partial charge in [-0.3, -0.25) is 0 Å². The first-order valence-corrected chi connectivity index (χ1v) is 9.36. The second-order valence-electron chi connectivity index (χ2n) is 7.26. The molecule has 4 aromatic rings. The predicted molar refractivity (Wildman–Crippen MR) is 112 cm³/mol. The zero-order valence-corrected chi connectivity index (χ0v) is 16.4. The SMILES string of the molecule is Cc1cc(-c2c(C)cc(-c3ccccc3)cc2C)ccc1-n1ccc[n+]1C. The highest BCUT2D eigenvalue weighted by molar-refractivity contribution is 5.77. The second-order valence-corrected chi connectivity index (χ2v) is 7.26. The summed E-state index contributed by atoms with van der Waals surface area (Å²) in [5.74, 6) is 0. The third-order valence-corrected chi connectivity index (χ3v) is 5.24. The summed E-state index contributed by atoms with van der Waals surface area (Å²) in [6.45, 7) is 6.61. The van der Waals surface area contributed by atoms with Gasteiger partial charge in [-0.25, -0.2) is 0 Å². The van der Waals surface area contributed by atoms with Crippen molar-refractivity contribution in [2.45, 2.75) is 20.8 Å². The number of aromatic nitrogens is 2. The monoisotopic (exact) mass is 353 g/mol. The molecule has 2 nitrogen and oxygen atoms in total. The molecular formula is C25H25N2+. The number of benzene rings is 3. The molecule has 134 valence electrons. The Morgan fingerprint density at radius 2 is 1.33 bits per heavy atom. The highest BCUT2D eigenvalue weighted by atomic mass is 15.4. The van der Waals surface area contributed by atoms with Crippen LogP contribution in [0.4, 0.5) is 0 Å². The second kappa shape index (κ2) is 6.88. The third kappa shape index (κ3) is 3.19. The van der Waals surface area contributed by atoms with Crippen molar-refractivity contribution >= 4 is 0 Å².